The molecule has 1 saturated carbocycles. The van der Waals surface area contributed by atoms with E-state index in [-0.39, 0.29) is 11.3 Å². The maximum Gasteiger partial charge on any atom is 0.0499 e. The molecule has 1 aliphatic carbocycles. The summed E-state index contributed by atoms with van der Waals surface area (Å²) in [5, 5.41) is 0.265. The molecule has 0 spiro atoms. The van der Waals surface area contributed by atoms with Crippen molar-refractivity contribution < 1.29 is 4.21 Å². The molecule has 0 heterocycles. The first-order valence-corrected chi connectivity index (χ1v) is 7.66. The second-order valence-electron chi connectivity index (χ2n) is 4.90. The van der Waals surface area contributed by atoms with Gasteiger partial charge < -0.3 is 5.73 Å². The van der Waals surface area contributed by atoms with Gasteiger partial charge in [0, 0.05) is 27.8 Å². The van der Waals surface area contributed by atoms with Gasteiger partial charge in [-0.2, -0.15) is 0 Å². The van der Waals surface area contributed by atoms with Crippen molar-refractivity contribution in [2.45, 2.75) is 63.7 Å². The van der Waals surface area contributed by atoms with E-state index in [2.05, 4.69) is 13.8 Å². The Morgan fingerprint density at radius 3 is 2.67 bits per heavy atom. The highest BCUT2D eigenvalue weighted by Crippen LogP contribution is 2.22. The molecule has 0 bridgehead atoms. The topological polar surface area (TPSA) is 43.1 Å². The molecule has 0 radical (unpaired) electrons. The van der Waals surface area contributed by atoms with Crippen molar-refractivity contribution in [2.75, 3.05) is 5.75 Å². The Balaban J connectivity index is 2.48. The minimum atomic E-state index is -0.703. The minimum absolute atomic E-state index is 0.178. The van der Waals surface area contributed by atoms with Crippen LogP contribution in [0.3, 0.4) is 0 Å². The summed E-state index contributed by atoms with van der Waals surface area (Å²) < 4.78 is 12.2. The molecule has 1 fully saturated rings. The van der Waals surface area contributed by atoms with Gasteiger partial charge in [-0.1, -0.05) is 39.5 Å². The van der Waals surface area contributed by atoms with E-state index in [4.69, 9.17) is 5.73 Å². The van der Waals surface area contributed by atoms with Crippen LogP contribution in [0.5, 0.6) is 0 Å². The summed E-state index contributed by atoms with van der Waals surface area (Å²) in [6.07, 6.45) is 6.96. The Morgan fingerprint density at radius 2 is 2.00 bits per heavy atom. The van der Waals surface area contributed by atoms with Crippen LogP contribution in [0.15, 0.2) is 0 Å². The van der Waals surface area contributed by atoms with Gasteiger partial charge in [-0.3, -0.25) is 4.21 Å². The molecule has 0 aliphatic heterocycles. The Kier molecular flexibility index (Phi) is 5.83. The lowest BCUT2D eigenvalue weighted by atomic mass is 10.1. The molecule has 2 nitrogen and oxygen atoms in total. The van der Waals surface area contributed by atoms with Crippen molar-refractivity contribution in [1.29, 1.82) is 0 Å². The van der Waals surface area contributed by atoms with Crippen molar-refractivity contribution in [3.8, 4) is 0 Å². The van der Waals surface area contributed by atoms with E-state index >= 15 is 0 Å². The highest BCUT2D eigenvalue weighted by Gasteiger charge is 2.26. The van der Waals surface area contributed by atoms with E-state index in [0.717, 1.165) is 25.0 Å². The zero-order valence-corrected chi connectivity index (χ0v) is 10.9. The second-order valence-corrected chi connectivity index (χ2v) is 6.60. The molecule has 2 N–H and O–H groups in total. The third-order valence-electron chi connectivity index (χ3n) is 3.49. The number of rotatable bonds is 4. The van der Waals surface area contributed by atoms with Gasteiger partial charge in [0.2, 0.25) is 0 Å². The van der Waals surface area contributed by atoms with Crippen molar-refractivity contribution in [3.05, 3.63) is 0 Å². The van der Waals surface area contributed by atoms with Gasteiger partial charge >= 0.3 is 0 Å². The fourth-order valence-corrected chi connectivity index (χ4v) is 4.15. The Hall–Kier alpha value is 0.110. The smallest absolute Gasteiger partial charge is 0.0499 e. The van der Waals surface area contributed by atoms with Crippen molar-refractivity contribution in [3.63, 3.8) is 0 Å². The summed E-state index contributed by atoms with van der Waals surface area (Å²) in [5.74, 6) is 1.41. The van der Waals surface area contributed by atoms with Gasteiger partial charge in [-0.15, -0.1) is 0 Å². The predicted molar refractivity (Wildman–Crippen MR) is 67.3 cm³/mol. The molecule has 0 aromatic rings. The highest BCUT2D eigenvalue weighted by atomic mass is 32.2. The minimum Gasteiger partial charge on any atom is -0.327 e. The second kappa shape index (κ2) is 6.64. The largest absolute Gasteiger partial charge is 0.327 e. The van der Waals surface area contributed by atoms with Crippen LogP contribution in [0, 0.1) is 5.92 Å². The molecular formula is C12H25NOS. The molecule has 4 unspecified atom stereocenters. The van der Waals surface area contributed by atoms with E-state index in [0.29, 0.717) is 5.92 Å². The van der Waals surface area contributed by atoms with Gasteiger partial charge in [0.05, 0.1) is 0 Å². The summed E-state index contributed by atoms with van der Waals surface area (Å²) in [6.45, 7) is 4.34. The molecule has 0 aromatic heterocycles. The predicted octanol–water partition coefficient (Wildman–Crippen LogP) is 2.44. The average Bonchev–Trinajstić information content (AvgIpc) is 2.42. The van der Waals surface area contributed by atoms with Crippen LogP contribution in [0.25, 0.3) is 0 Å². The molecule has 1 aliphatic rings. The number of hydrogen-bond donors (Lipinski definition) is 1. The number of hydrogen-bond acceptors (Lipinski definition) is 2. The lowest BCUT2D eigenvalue weighted by Crippen LogP contribution is -2.38. The fourth-order valence-electron chi connectivity index (χ4n) is 2.15. The molecule has 0 saturated heterocycles. The van der Waals surface area contributed by atoms with Crippen LogP contribution in [0.1, 0.15) is 52.4 Å². The summed E-state index contributed by atoms with van der Waals surface area (Å²) in [7, 11) is -0.703. The third-order valence-corrected chi connectivity index (χ3v) is 5.65. The SMILES string of the molecule is CCC(C)CS(=O)C1CCCCCC1N. The molecule has 15 heavy (non-hydrogen) atoms. The lowest BCUT2D eigenvalue weighted by molar-refractivity contribution is 0.562. The molecule has 3 heteroatoms. The van der Waals surface area contributed by atoms with Gasteiger partial charge in [0.25, 0.3) is 0 Å². The normalized spacial score (nSPS) is 31.9. The van der Waals surface area contributed by atoms with Crippen LogP contribution in [-0.2, 0) is 10.8 Å². The highest BCUT2D eigenvalue weighted by molar-refractivity contribution is 7.85. The first-order valence-electron chi connectivity index (χ1n) is 6.28. The lowest BCUT2D eigenvalue weighted by Gasteiger charge is -2.22. The standard InChI is InChI=1S/C12H25NOS/c1-3-10(2)9-15(14)12-8-6-4-5-7-11(12)13/h10-12H,3-9,13H2,1-2H3. The summed E-state index contributed by atoms with van der Waals surface area (Å²) >= 11 is 0. The Bertz CT molecular complexity index is 208. The van der Waals surface area contributed by atoms with Crippen molar-refractivity contribution in [1.82, 2.24) is 0 Å². The Morgan fingerprint density at radius 1 is 1.33 bits per heavy atom. The summed E-state index contributed by atoms with van der Waals surface area (Å²) in [6, 6.07) is 0.178. The zero-order valence-electron chi connectivity index (χ0n) is 10.1. The summed E-state index contributed by atoms with van der Waals surface area (Å²) in [4.78, 5) is 0. The quantitative estimate of drug-likeness (QED) is 0.755. The molecule has 90 valence electrons. The van der Waals surface area contributed by atoms with E-state index < -0.39 is 10.8 Å². The first-order chi connectivity index (χ1) is 7.15. The molecule has 0 aromatic carbocycles. The maximum absolute atomic E-state index is 12.2. The van der Waals surface area contributed by atoms with E-state index in [1.807, 2.05) is 0 Å². The van der Waals surface area contributed by atoms with E-state index in [9.17, 15) is 4.21 Å². The van der Waals surface area contributed by atoms with Gasteiger partial charge in [0.1, 0.15) is 0 Å². The molecular weight excluding hydrogens is 206 g/mol. The molecule has 4 atom stereocenters. The monoisotopic (exact) mass is 231 g/mol. The first kappa shape index (κ1) is 13.2. The van der Waals surface area contributed by atoms with Gasteiger partial charge in [-0.05, 0) is 18.8 Å². The van der Waals surface area contributed by atoms with Crippen LogP contribution in [0.2, 0.25) is 0 Å². The van der Waals surface area contributed by atoms with Gasteiger partial charge in [-0.25, -0.2) is 0 Å². The molecule has 0 amide bonds. The third kappa shape index (κ3) is 4.23. The summed E-state index contributed by atoms with van der Waals surface area (Å²) in [5.41, 5.74) is 6.10. The van der Waals surface area contributed by atoms with Crippen LogP contribution in [0.4, 0.5) is 0 Å². The average molecular weight is 231 g/mol. The van der Waals surface area contributed by atoms with Crippen LogP contribution >= 0.6 is 0 Å². The van der Waals surface area contributed by atoms with Crippen LogP contribution < -0.4 is 5.73 Å². The van der Waals surface area contributed by atoms with Crippen molar-refractivity contribution in [2.24, 2.45) is 11.7 Å². The van der Waals surface area contributed by atoms with E-state index in [1.54, 1.807) is 0 Å². The van der Waals surface area contributed by atoms with Gasteiger partial charge in [0.15, 0.2) is 0 Å². The zero-order chi connectivity index (χ0) is 11.3. The van der Waals surface area contributed by atoms with Crippen molar-refractivity contribution >= 4 is 10.8 Å². The van der Waals surface area contributed by atoms with E-state index in [1.165, 1.54) is 19.3 Å². The maximum atomic E-state index is 12.2. The Labute approximate surface area is 96.5 Å². The molecule has 1 rings (SSSR count). The fraction of sp³-hybridized carbons (Fsp3) is 1.00. The van der Waals surface area contributed by atoms with Crippen LogP contribution in [-0.4, -0.2) is 21.3 Å². The number of nitrogens with two attached hydrogens (primary N) is 1.